The zero-order chi connectivity index (χ0) is 12.8. The molecule has 1 fully saturated rings. The van der Waals surface area contributed by atoms with Crippen LogP contribution >= 0.6 is 0 Å². The van der Waals surface area contributed by atoms with Crippen LogP contribution in [0.5, 0.6) is 0 Å². The summed E-state index contributed by atoms with van der Waals surface area (Å²) in [4.78, 5) is 10.4. The first-order valence-electron chi connectivity index (χ1n) is 5.93. The lowest BCUT2D eigenvalue weighted by molar-refractivity contribution is -0.131. The summed E-state index contributed by atoms with van der Waals surface area (Å²) < 4.78 is 10.9. The third-order valence-electron chi connectivity index (χ3n) is 2.77. The molecule has 0 radical (unpaired) electrons. The molecule has 1 heterocycles. The second-order valence-electron chi connectivity index (χ2n) is 4.21. The number of benzene rings is 1. The minimum Gasteiger partial charge on any atom is -0.478 e. The van der Waals surface area contributed by atoms with E-state index in [0.29, 0.717) is 13.2 Å². The topological polar surface area (TPSA) is 55.8 Å². The molecule has 18 heavy (non-hydrogen) atoms. The second-order valence-corrected chi connectivity index (χ2v) is 4.21. The van der Waals surface area contributed by atoms with E-state index in [1.165, 1.54) is 0 Å². The van der Waals surface area contributed by atoms with E-state index in [9.17, 15) is 4.79 Å². The van der Waals surface area contributed by atoms with Crippen molar-refractivity contribution in [2.75, 3.05) is 13.2 Å². The molecule has 1 aromatic rings. The summed E-state index contributed by atoms with van der Waals surface area (Å²) in [5, 5.41) is 8.52. The molecule has 0 spiro atoms. The van der Waals surface area contributed by atoms with Crippen LogP contribution in [-0.2, 0) is 20.9 Å². The van der Waals surface area contributed by atoms with Crippen molar-refractivity contribution >= 4 is 12.0 Å². The van der Waals surface area contributed by atoms with Crippen molar-refractivity contribution in [3.63, 3.8) is 0 Å². The van der Waals surface area contributed by atoms with Crippen molar-refractivity contribution < 1.29 is 19.4 Å². The fourth-order valence-electron chi connectivity index (χ4n) is 1.75. The van der Waals surface area contributed by atoms with Crippen LogP contribution in [0.3, 0.4) is 0 Å². The first-order chi connectivity index (χ1) is 8.74. The predicted molar refractivity (Wildman–Crippen MR) is 67.1 cm³/mol. The molecule has 0 amide bonds. The van der Waals surface area contributed by atoms with Gasteiger partial charge in [-0.1, -0.05) is 24.3 Å². The predicted octanol–water partition coefficient (Wildman–Crippen LogP) is 2.09. The summed E-state index contributed by atoms with van der Waals surface area (Å²) in [6, 6.07) is 7.64. The van der Waals surface area contributed by atoms with Gasteiger partial charge in [-0.15, -0.1) is 0 Å². The SMILES string of the molecule is O=C(O)C=Cc1ccc(COC2CCOC2)cc1. The van der Waals surface area contributed by atoms with Crippen LogP contribution in [0.1, 0.15) is 17.5 Å². The van der Waals surface area contributed by atoms with Crippen LogP contribution in [0.25, 0.3) is 6.08 Å². The Morgan fingerprint density at radius 3 is 2.83 bits per heavy atom. The molecule has 1 aliphatic rings. The van der Waals surface area contributed by atoms with Gasteiger partial charge in [0.25, 0.3) is 0 Å². The maximum Gasteiger partial charge on any atom is 0.328 e. The van der Waals surface area contributed by atoms with Crippen molar-refractivity contribution in [3.05, 3.63) is 41.5 Å². The number of aliphatic carboxylic acids is 1. The van der Waals surface area contributed by atoms with E-state index in [-0.39, 0.29) is 6.10 Å². The van der Waals surface area contributed by atoms with Gasteiger partial charge in [0.15, 0.2) is 0 Å². The number of carbonyl (C=O) groups is 1. The summed E-state index contributed by atoms with van der Waals surface area (Å²) in [5.41, 5.74) is 1.94. The monoisotopic (exact) mass is 248 g/mol. The Morgan fingerprint density at radius 1 is 1.44 bits per heavy atom. The number of ether oxygens (including phenoxy) is 2. The van der Waals surface area contributed by atoms with Gasteiger partial charge >= 0.3 is 5.97 Å². The first kappa shape index (κ1) is 12.8. The summed E-state index contributed by atoms with van der Waals surface area (Å²) in [6.07, 6.45) is 3.86. The Morgan fingerprint density at radius 2 is 2.22 bits per heavy atom. The Bertz CT molecular complexity index is 416. The molecular weight excluding hydrogens is 232 g/mol. The number of hydrogen-bond acceptors (Lipinski definition) is 3. The van der Waals surface area contributed by atoms with E-state index >= 15 is 0 Å². The molecule has 0 saturated carbocycles. The second kappa shape index (κ2) is 6.33. The maximum absolute atomic E-state index is 10.4. The molecule has 0 aliphatic carbocycles. The van der Waals surface area contributed by atoms with Crippen molar-refractivity contribution in [1.82, 2.24) is 0 Å². The molecule has 1 saturated heterocycles. The molecular formula is C14H16O4. The third-order valence-corrected chi connectivity index (χ3v) is 2.77. The van der Waals surface area contributed by atoms with Gasteiger partial charge in [0.2, 0.25) is 0 Å². The van der Waals surface area contributed by atoms with Crippen molar-refractivity contribution in [2.45, 2.75) is 19.1 Å². The van der Waals surface area contributed by atoms with Crippen molar-refractivity contribution in [1.29, 1.82) is 0 Å². The van der Waals surface area contributed by atoms with Crippen molar-refractivity contribution in [3.8, 4) is 0 Å². The van der Waals surface area contributed by atoms with Gasteiger partial charge in [-0.25, -0.2) is 4.79 Å². The van der Waals surface area contributed by atoms with Gasteiger partial charge < -0.3 is 14.6 Å². The molecule has 96 valence electrons. The summed E-state index contributed by atoms with van der Waals surface area (Å²) in [5.74, 6) is -0.941. The average molecular weight is 248 g/mol. The molecule has 0 bridgehead atoms. The normalized spacial score (nSPS) is 19.4. The Kier molecular flexibility index (Phi) is 4.50. The van der Waals surface area contributed by atoms with E-state index < -0.39 is 5.97 Å². The highest BCUT2D eigenvalue weighted by Crippen LogP contribution is 2.12. The minimum atomic E-state index is -0.941. The minimum absolute atomic E-state index is 0.205. The van der Waals surface area contributed by atoms with Crippen molar-refractivity contribution in [2.24, 2.45) is 0 Å². The van der Waals surface area contributed by atoms with E-state index in [1.807, 2.05) is 24.3 Å². The molecule has 1 N–H and O–H groups in total. The van der Waals surface area contributed by atoms with Gasteiger partial charge in [0.1, 0.15) is 0 Å². The molecule has 1 atom stereocenters. The molecule has 4 nitrogen and oxygen atoms in total. The van der Waals surface area contributed by atoms with E-state index in [1.54, 1.807) is 6.08 Å². The molecule has 1 unspecified atom stereocenters. The highest BCUT2D eigenvalue weighted by molar-refractivity contribution is 5.85. The van der Waals surface area contributed by atoms with Gasteiger partial charge in [-0.05, 0) is 23.6 Å². The molecule has 0 aromatic heterocycles. The number of carboxylic acids is 1. The lowest BCUT2D eigenvalue weighted by Crippen LogP contribution is -2.11. The lowest BCUT2D eigenvalue weighted by Gasteiger charge is -2.09. The Labute approximate surface area is 106 Å². The van der Waals surface area contributed by atoms with Crippen LogP contribution in [0.2, 0.25) is 0 Å². The Hall–Kier alpha value is -1.65. The highest BCUT2D eigenvalue weighted by Gasteiger charge is 2.15. The van der Waals surface area contributed by atoms with Crippen LogP contribution in [0.4, 0.5) is 0 Å². The average Bonchev–Trinajstić information content (AvgIpc) is 2.88. The number of rotatable bonds is 5. The van der Waals surface area contributed by atoms with Gasteiger partial charge in [-0.2, -0.15) is 0 Å². The van der Waals surface area contributed by atoms with Crippen LogP contribution in [0.15, 0.2) is 30.3 Å². The van der Waals surface area contributed by atoms with Gasteiger partial charge in [0.05, 0.1) is 19.3 Å². The van der Waals surface area contributed by atoms with Crippen LogP contribution in [0, 0.1) is 0 Å². The molecule has 2 rings (SSSR count). The lowest BCUT2D eigenvalue weighted by atomic mass is 10.1. The highest BCUT2D eigenvalue weighted by atomic mass is 16.5. The zero-order valence-electron chi connectivity index (χ0n) is 10.0. The fraction of sp³-hybridized carbons (Fsp3) is 0.357. The Balaban J connectivity index is 1.85. The fourth-order valence-corrected chi connectivity index (χ4v) is 1.75. The third kappa shape index (κ3) is 3.98. The quantitative estimate of drug-likeness (QED) is 0.811. The van der Waals surface area contributed by atoms with Gasteiger partial charge in [0, 0.05) is 12.7 Å². The largest absolute Gasteiger partial charge is 0.478 e. The summed E-state index contributed by atoms with van der Waals surface area (Å²) in [7, 11) is 0. The summed E-state index contributed by atoms with van der Waals surface area (Å²) in [6.45, 7) is 2.03. The van der Waals surface area contributed by atoms with E-state index in [2.05, 4.69) is 0 Å². The first-order valence-corrected chi connectivity index (χ1v) is 5.93. The number of hydrogen-bond donors (Lipinski definition) is 1. The van der Waals surface area contributed by atoms with Crippen LogP contribution < -0.4 is 0 Å². The van der Waals surface area contributed by atoms with Gasteiger partial charge in [-0.3, -0.25) is 0 Å². The maximum atomic E-state index is 10.4. The smallest absolute Gasteiger partial charge is 0.328 e. The van der Waals surface area contributed by atoms with E-state index in [4.69, 9.17) is 14.6 Å². The molecule has 1 aliphatic heterocycles. The number of carboxylic acid groups (broad SMARTS) is 1. The van der Waals surface area contributed by atoms with E-state index in [0.717, 1.165) is 30.2 Å². The summed E-state index contributed by atoms with van der Waals surface area (Å²) >= 11 is 0. The van der Waals surface area contributed by atoms with Crippen LogP contribution in [-0.4, -0.2) is 30.4 Å². The standard InChI is InChI=1S/C14H16O4/c15-14(16)6-5-11-1-3-12(4-2-11)9-18-13-7-8-17-10-13/h1-6,13H,7-10H2,(H,15,16). The molecule has 4 heteroatoms. The zero-order valence-corrected chi connectivity index (χ0v) is 10.0. The molecule has 1 aromatic carbocycles.